The van der Waals surface area contributed by atoms with Crippen molar-refractivity contribution in [1.29, 1.82) is 0 Å². The first-order valence-electron chi connectivity index (χ1n) is 4.31. The van der Waals surface area contributed by atoms with E-state index in [2.05, 4.69) is 0 Å². The van der Waals surface area contributed by atoms with Crippen LogP contribution in [0.1, 0.15) is 6.92 Å². The SMILES string of the molecule is CC(Oc1cccc(O)c1)(C(=O)O)C(=O)O. The van der Waals surface area contributed by atoms with Crippen molar-refractivity contribution in [2.45, 2.75) is 12.5 Å². The Kier molecular flexibility index (Phi) is 3.03. The van der Waals surface area contributed by atoms with Crippen LogP contribution in [0.4, 0.5) is 0 Å². The van der Waals surface area contributed by atoms with E-state index in [4.69, 9.17) is 20.1 Å². The topological polar surface area (TPSA) is 104 Å². The summed E-state index contributed by atoms with van der Waals surface area (Å²) >= 11 is 0. The molecule has 0 amide bonds. The minimum atomic E-state index is -2.38. The van der Waals surface area contributed by atoms with Gasteiger partial charge in [-0.15, -0.1) is 0 Å². The summed E-state index contributed by atoms with van der Waals surface area (Å²) in [5, 5.41) is 26.6. The molecule has 0 spiro atoms. The van der Waals surface area contributed by atoms with E-state index in [1.54, 1.807) is 0 Å². The highest BCUT2D eigenvalue weighted by atomic mass is 16.6. The molecule has 0 aliphatic carbocycles. The molecule has 1 aromatic rings. The Balaban J connectivity index is 3.02. The van der Waals surface area contributed by atoms with Crippen molar-refractivity contribution in [3.05, 3.63) is 24.3 Å². The van der Waals surface area contributed by atoms with Crippen molar-refractivity contribution in [2.24, 2.45) is 0 Å². The molecule has 0 bridgehead atoms. The largest absolute Gasteiger partial charge is 0.508 e. The Hall–Kier alpha value is -2.24. The van der Waals surface area contributed by atoms with E-state index in [1.807, 2.05) is 0 Å². The minimum Gasteiger partial charge on any atom is -0.508 e. The molecule has 86 valence electrons. The Labute approximate surface area is 90.7 Å². The van der Waals surface area contributed by atoms with E-state index in [-0.39, 0.29) is 11.5 Å². The molecule has 3 N–H and O–H groups in total. The molecule has 1 aromatic carbocycles. The number of aromatic hydroxyl groups is 1. The first-order valence-corrected chi connectivity index (χ1v) is 4.31. The van der Waals surface area contributed by atoms with Gasteiger partial charge in [-0.3, -0.25) is 0 Å². The number of carboxylic acid groups (broad SMARTS) is 2. The van der Waals surface area contributed by atoms with Gasteiger partial charge in [0.1, 0.15) is 11.5 Å². The fourth-order valence-electron chi connectivity index (χ4n) is 0.961. The number of hydrogen-bond donors (Lipinski definition) is 3. The van der Waals surface area contributed by atoms with Crippen LogP contribution in [0, 0.1) is 0 Å². The van der Waals surface area contributed by atoms with Crippen LogP contribution in [0.25, 0.3) is 0 Å². The predicted octanol–water partition coefficient (Wildman–Crippen LogP) is 0.699. The number of phenols is 1. The summed E-state index contributed by atoms with van der Waals surface area (Å²) in [4.78, 5) is 21.6. The van der Waals surface area contributed by atoms with Gasteiger partial charge in [-0.1, -0.05) is 6.07 Å². The summed E-state index contributed by atoms with van der Waals surface area (Å²) in [5.74, 6) is -3.42. The van der Waals surface area contributed by atoms with Gasteiger partial charge in [-0.05, 0) is 19.1 Å². The average Bonchev–Trinajstić information content (AvgIpc) is 2.16. The van der Waals surface area contributed by atoms with Gasteiger partial charge in [0.15, 0.2) is 0 Å². The van der Waals surface area contributed by atoms with Crippen LogP contribution in [-0.4, -0.2) is 32.9 Å². The van der Waals surface area contributed by atoms with Crippen molar-refractivity contribution in [3.8, 4) is 11.5 Å². The molecule has 0 aromatic heterocycles. The maximum absolute atomic E-state index is 10.8. The second kappa shape index (κ2) is 4.09. The highest BCUT2D eigenvalue weighted by molar-refractivity contribution is 6.01. The number of benzene rings is 1. The number of carbonyl (C=O) groups is 2. The van der Waals surface area contributed by atoms with E-state index in [9.17, 15) is 9.59 Å². The van der Waals surface area contributed by atoms with Crippen molar-refractivity contribution >= 4 is 11.9 Å². The molecule has 0 aliphatic rings. The predicted molar refractivity (Wildman–Crippen MR) is 52.4 cm³/mol. The third-order valence-electron chi connectivity index (χ3n) is 1.96. The van der Waals surface area contributed by atoms with Gasteiger partial charge < -0.3 is 20.1 Å². The van der Waals surface area contributed by atoms with Crippen molar-refractivity contribution in [2.75, 3.05) is 0 Å². The normalized spacial score (nSPS) is 10.8. The van der Waals surface area contributed by atoms with Crippen LogP contribution in [0.5, 0.6) is 11.5 Å². The Morgan fingerprint density at radius 1 is 1.25 bits per heavy atom. The quantitative estimate of drug-likeness (QED) is 0.653. The highest BCUT2D eigenvalue weighted by Gasteiger charge is 2.44. The molecular weight excluding hydrogens is 216 g/mol. The molecule has 0 unspecified atom stereocenters. The molecule has 1 rings (SSSR count). The number of phenolic OH excluding ortho intramolecular Hbond substituents is 1. The van der Waals surface area contributed by atoms with Gasteiger partial charge in [0.25, 0.3) is 5.60 Å². The number of hydrogen-bond acceptors (Lipinski definition) is 4. The Morgan fingerprint density at radius 3 is 2.25 bits per heavy atom. The zero-order valence-corrected chi connectivity index (χ0v) is 8.38. The molecule has 16 heavy (non-hydrogen) atoms. The molecule has 0 heterocycles. The second-order valence-corrected chi connectivity index (χ2v) is 3.24. The first kappa shape index (κ1) is 11.8. The molecule has 0 radical (unpaired) electrons. The zero-order valence-electron chi connectivity index (χ0n) is 8.38. The minimum absolute atomic E-state index is 0.0349. The van der Waals surface area contributed by atoms with Gasteiger partial charge in [-0.2, -0.15) is 0 Å². The van der Waals surface area contributed by atoms with E-state index >= 15 is 0 Å². The average molecular weight is 226 g/mol. The van der Waals surface area contributed by atoms with Crippen LogP contribution >= 0.6 is 0 Å². The van der Waals surface area contributed by atoms with Crippen molar-refractivity contribution in [1.82, 2.24) is 0 Å². The summed E-state index contributed by atoms with van der Waals surface area (Å²) in [7, 11) is 0. The van der Waals surface area contributed by atoms with Crippen molar-refractivity contribution in [3.63, 3.8) is 0 Å². The maximum Gasteiger partial charge on any atom is 0.359 e. The molecule has 0 aliphatic heterocycles. The fraction of sp³-hybridized carbons (Fsp3) is 0.200. The van der Waals surface area contributed by atoms with Crippen molar-refractivity contribution < 1.29 is 29.6 Å². The lowest BCUT2D eigenvalue weighted by Gasteiger charge is -2.21. The third-order valence-corrected chi connectivity index (χ3v) is 1.96. The Bertz CT molecular complexity index is 411. The lowest BCUT2D eigenvalue weighted by molar-refractivity contribution is -0.170. The van der Waals surface area contributed by atoms with E-state index in [0.29, 0.717) is 0 Å². The van der Waals surface area contributed by atoms with Crippen LogP contribution < -0.4 is 4.74 Å². The van der Waals surface area contributed by atoms with Crippen LogP contribution in [0.3, 0.4) is 0 Å². The van der Waals surface area contributed by atoms with Crippen LogP contribution in [-0.2, 0) is 9.59 Å². The monoisotopic (exact) mass is 226 g/mol. The number of aliphatic carboxylic acids is 2. The third kappa shape index (κ3) is 2.22. The lowest BCUT2D eigenvalue weighted by atomic mass is 10.1. The summed E-state index contributed by atoms with van der Waals surface area (Å²) < 4.78 is 4.85. The fourth-order valence-corrected chi connectivity index (χ4v) is 0.961. The van der Waals surface area contributed by atoms with Crippen LogP contribution in [0.15, 0.2) is 24.3 Å². The molecule has 6 heteroatoms. The number of carboxylic acids is 2. The lowest BCUT2D eigenvalue weighted by Crippen LogP contribution is -2.49. The van der Waals surface area contributed by atoms with Gasteiger partial charge in [0.2, 0.25) is 0 Å². The second-order valence-electron chi connectivity index (χ2n) is 3.24. The highest BCUT2D eigenvalue weighted by Crippen LogP contribution is 2.23. The molecule has 6 nitrogen and oxygen atoms in total. The summed E-state index contributed by atoms with van der Waals surface area (Å²) in [5.41, 5.74) is -2.38. The molecular formula is C10H10O6. The number of ether oxygens (including phenoxy) is 1. The van der Waals surface area contributed by atoms with E-state index in [1.165, 1.54) is 18.2 Å². The molecule has 0 saturated heterocycles. The van der Waals surface area contributed by atoms with Gasteiger partial charge in [0, 0.05) is 6.07 Å². The Morgan fingerprint density at radius 2 is 1.81 bits per heavy atom. The van der Waals surface area contributed by atoms with Gasteiger partial charge >= 0.3 is 11.9 Å². The maximum atomic E-state index is 10.8. The smallest absolute Gasteiger partial charge is 0.359 e. The standard InChI is InChI=1S/C10H10O6/c1-10(8(12)13,9(14)15)16-7-4-2-3-6(11)5-7/h2-5,11H,1H3,(H,12,13)(H,14,15). The molecule has 0 fully saturated rings. The molecule has 0 saturated carbocycles. The molecule has 0 atom stereocenters. The summed E-state index contributed by atoms with van der Waals surface area (Å²) in [6.07, 6.45) is 0. The zero-order chi connectivity index (χ0) is 12.3. The van der Waals surface area contributed by atoms with Gasteiger partial charge in [0.05, 0.1) is 0 Å². The van der Waals surface area contributed by atoms with E-state index < -0.39 is 17.5 Å². The van der Waals surface area contributed by atoms with E-state index in [0.717, 1.165) is 13.0 Å². The first-order chi connectivity index (χ1) is 7.36. The summed E-state index contributed by atoms with van der Waals surface area (Å²) in [6, 6.07) is 5.24. The summed E-state index contributed by atoms with van der Waals surface area (Å²) in [6.45, 7) is 0.918. The number of rotatable bonds is 4. The van der Waals surface area contributed by atoms with Gasteiger partial charge in [-0.25, -0.2) is 9.59 Å². The van der Waals surface area contributed by atoms with Crippen LogP contribution in [0.2, 0.25) is 0 Å².